The predicted octanol–water partition coefficient (Wildman–Crippen LogP) is 1.80. The molecule has 0 radical (unpaired) electrons. The van der Waals surface area contributed by atoms with E-state index < -0.39 is 18.6 Å². The summed E-state index contributed by atoms with van der Waals surface area (Å²) in [4.78, 5) is 11.1. The van der Waals surface area contributed by atoms with Crippen LogP contribution in [-0.4, -0.2) is 32.3 Å². The molecule has 1 rings (SSSR count). The molecule has 0 spiro atoms. The van der Waals surface area contributed by atoms with Crippen LogP contribution in [0.4, 0.5) is 8.78 Å². The summed E-state index contributed by atoms with van der Waals surface area (Å²) in [5.41, 5.74) is 5.26. The second-order valence-electron chi connectivity index (χ2n) is 3.79. The van der Waals surface area contributed by atoms with Crippen molar-refractivity contribution in [3.8, 4) is 11.5 Å². The molecule has 1 aromatic rings. The molecule has 0 aliphatic carbocycles. The highest BCUT2D eigenvalue weighted by Gasteiger charge is 2.15. The Labute approximate surface area is 109 Å². The second-order valence-corrected chi connectivity index (χ2v) is 3.79. The number of hydrogen-bond donors (Lipinski definition) is 1. The summed E-state index contributed by atoms with van der Waals surface area (Å²) in [5, 5.41) is 0. The number of alkyl halides is 2. The minimum absolute atomic E-state index is 0.0150. The molecule has 0 aromatic heterocycles. The first-order chi connectivity index (χ1) is 8.93. The van der Waals surface area contributed by atoms with Crippen LogP contribution in [0.1, 0.15) is 17.3 Å². The molecule has 0 bridgehead atoms. The zero-order valence-corrected chi connectivity index (χ0v) is 10.6. The van der Waals surface area contributed by atoms with Gasteiger partial charge in [0.25, 0.3) is 0 Å². The lowest BCUT2D eigenvalue weighted by molar-refractivity contribution is -0.0524. The lowest BCUT2D eigenvalue weighted by atomic mass is 10.2. The molecule has 1 amide bonds. The molecule has 0 saturated carbocycles. The van der Waals surface area contributed by atoms with Gasteiger partial charge in [-0.05, 0) is 25.1 Å². The Balaban J connectivity index is 2.99. The molecule has 0 aliphatic heterocycles. The predicted molar refractivity (Wildman–Crippen MR) is 63.6 cm³/mol. The number of rotatable bonds is 7. The average molecular weight is 275 g/mol. The van der Waals surface area contributed by atoms with Gasteiger partial charge < -0.3 is 19.9 Å². The first kappa shape index (κ1) is 15.2. The number of carbonyl (C=O) groups excluding carboxylic acids is 1. The van der Waals surface area contributed by atoms with E-state index in [1.807, 2.05) is 0 Å². The van der Waals surface area contributed by atoms with Crippen LogP contribution in [0.2, 0.25) is 0 Å². The summed E-state index contributed by atoms with van der Waals surface area (Å²) < 4.78 is 39.1. The van der Waals surface area contributed by atoms with Gasteiger partial charge in [0.1, 0.15) is 6.10 Å². The van der Waals surface area contributed by atoms with Crippen LogP contribution in [-0.2, 0) is 4.74 Å². The van der Waals surface area contributed by atoms with Gasteiger partial charge in [0.05, 0.1) is 6.61 Å². The van der Waals surface area contributed by atoms with E-state index in [4.69, 9.17) is 15.2 Å². The van der Waals surface area contributed by atoms with Gasteiger partial charge in [-0.25, -0.2) is 0 Å². The van der Waals surface area contributed by atoms with Crippen molar-refractivity contribution < 1.29 is 27.8 Å². The van der Waals surface area contributed by atoms with Crippen molar-refractivity contribution in [2.75, 3.05) is 13.7 Å². The molecule has 1 aromatic carbocycles. The maximum atomic E-state index is 12.3. The zero-order chi connectivity index (χ0) is 14.4. The number of ether oxygens (including phenoxy) is 3. The summed E-state index contributed by atoms with van der Waals surface area (Å²) in [5.74, 6) is -0.836. The van der Waals surface area contributed by atoms with E-state index >= 15 is 0 Å². The highest BCUT2D eigenvalue weighted by Crippen LogP contribution is 2.30. The Morgan fingerprint density at radius 2 is 2.00 bits per heavy atom. The summed E-state index contributed by atoms with van der Waals surface area (Å²) in [7, 11) is 1.48. The molecule has 19 heavy (non-hydrogen) atoms. The zero-order valence-electron chi connectivity index (χ0n) is 10.6. The van der Waals surface area contributed by atoms with Crippen molar-refractivity contribution in [2.45, 2.75) is 19.6 Å². The Morgan fingerprint density at radius 1 is 1.32 bits per heavy atom. The van der Waals surface area contributed by atoms with Gasteiger partial charge in [0, 0.05) is 12.7 Å². The number of benzene rings is 1. The summed E-state index contributed by atoms with van der Waals surface area (Å²) in [6.45, 7) is -1.04. The monoisotopic (exact) mass is 275 g/mol. The van der Waals surface area contributed by atoms with Crippen LogP contribution < -0.4 is 15.2 Å². The first-order valence-electron chi connectivity index (χ1n) is 5.48. The number of nitrogens with two attached hydrogens (primary N) is 1. The molecule has 5 nitrogen and oxygen atoms in total. The third-order valence-electron chi connectivity index (χ3n) is 2.17. The van der Waals surface area contributed by atoms with Crippen molar-refractivity contribution in [3.63, 3.8) is 0 Å². The number of carbonyl (C=O) groups is 1. The van der Waals surface area contributed by atoms with E-state index in [2.05, 4.69) is 4.74 Å². The Morgan fingerprint density at radius 3 is 2.53 bits per heavy atom. The topological polar surface area (TPSA) is 70.8 Å². The minimum atomic E-state index is -2.99. The van der Waals surface area contributed by atoms with Gasteiger partial charge in [-0.1, -0.05) is 0 Å². The van der Waals surface area contributed by atoms with Gasteiger partial charge >= 0.3 is 6.61 Å². The molecule has 1 unspecified atom stereocenters. The fourth-order valence-corrected chi connectivity index (χ4v) is 1.43. The summed E-state index contributed by atoms with van der Waals surface area (Å²) >= 11 is 0. The molecular formula is C12H15F2NO4. The highest BCUT2D eigenvalue weighted by molar-refractivity contribution is 5.93. The van der Waals surface area contributed by atoms with Crippen LogP contribution >= 0.6 is 0 Å². The van der Waals surface area contributed by atoms with Gasteiger partial charge in [0.15, 0.2) is 11.5 Å². The number of halogens is 2. The Hall–Kier alpha value is -1.89. The van der Waals surface area contributed by atoms with E-state index in [-0.39, 0.29) is 23.7 Å². The summed E-state index contributed by atoms with van der Waals surface area (Å²) in [6, 6.07) is 3.75. The number of methoxy groups -OCH3 is 1. The van der Waals surface area contributed by atoms with Crippen LogP contribution in [0.3, 0.4) is 0 Å². The molecule has 106 valence electrons. The average Bonchev–Trinajstić information content (AvgIpc) is 2.30. The maximum absolute atomic E-state index is 12.3. The third-order valence-corrected chi connectivity index (χ3v) is 2.17. The number of hydrogen-bond acceptors (Lipinski definition) is 4. The Bertz CT molecular complexity index is 440. The largest absolute Gasteiger partial charge is 0.484 e. The van der Waals surface area contributed by atoms with E-state index in [1.54, 1.807) is 6.92 Å². The molecule has 7 heteroatoms. The second kappa shape index (κ2) is 6.89. The fraction of sp³-hybridized carbons (Fsp3) is 0.417. The van der Waals surface area contributed by atoms with E-state index in [0.29, 0.717) is 0 Å². The van der Waals surface area contributed by atoms with Crippen molar-refractivity contribution in [1.82, 2.24) is 0 Å². The van der Waals surface area contributed by atoms with Crippen LogP contribution in [0.15, 0.2) is 18.2 Å². The molecule has 0 saturated heterocycles. The van der Waals surface area contributed by atoms with Crippen molar-refractivity contribution in [2.24, 2.45) is 5.73 Å². The molecule has 0 heterocycles. The molecular weight excluding hydrogens is 260 g/mol. The molecule has 2 N–H and O–H groups in total. The smallest absolute Gasteiger partial charge is 0.387 e. The van der Waals surface area contributed by atoms with Gasteiger partial charge in [-0.15, -0.1) is 0 Å². The van der Waals surface area contributed by atoms with Crippen LogP contribution in [0.25, 0.3) is 0 Å². The lowest BCUT2D eigenvalue weighted by Crippen LogP contribution is -2.19. The fourth-order valence-electron chi connectivity index (χ4n) is 1.43. The van der Waals surface area contributed by atoms with E-state index in [9.17, 15) is 13.6 Å². The minimum Gasteiger partial charge on any atom is -0.484 e. The van der Waals surface area contributed by atoms with Crippen molar-refractivity contribution in [3.05, 3.63) is 23.8 Å². The third kappa shape index (κ3) is 4.70. The number of amides is 1. The van der Waals surface area contributed by atoms with Gasteiger partial charge in [-0.2, -0.15) is 8.78 Å². The van der Waals surface area contributed by atoms with E-state index in [1.165, 1.54) is 25.3 Å². The van der Waals surface area contributed by atoms with Gasteiger partial charge in [-0.3, -0.25) is 4.79 Å². The van der Waals surface area contributed by atoms with Crippen LogP contribution in [0, 0.1) is 0 Å². The molecule has 1 atom stereocenters. The normalized spacial score (nSPS) is 12.3. The molecule has 0 aliphatic rings. The lowest BCUT2D eigenvalue weighted by Gasteiger charge is -2.17. The van der Waals surface area contributed by atoms with Gasteiger partial charge in [0.2, 0.25) is 5.91 Å². The maximum Gasteiger partial charge on any atom is 0.387 e. The quantitative estimate of drug-likeness (QED) is 0.823. The van der Waals surface area contributed by atoms with E-state index in [0.717, 1.165) is 0 Å². The standard InChI is InChI=1S/C12H15F2NO4/c1-7(6-17-2)18-10-5-8(11(15)16)3-4-9(10)19-12(13)14/h3-5,7,12H,6H2,1-2H3,(H2,15,16). The van der Waals surface area contributed by atoms with Crippen molar-refractivity contribution >= 4 is 5.91 Å². The summed E-state index contributed by atoms with van der Waals surface area (Å²) in [6.07, 6.45) is -0.395. The molecule has 0 fully saturated rings. The highest BCUT2D eigenvalue weighted by atomic mass is 19.3. The number of primary amides is 1. The van der Waals surface area contributed by atoms with Crippen molar-refractivity contribution in [1.29, 1.82) is 0 Å². The SMILES string of the molecule is COCC(C)Oc1cc(C(N)=O)ccc1OC(F)F. The Kier molecular flexibility index (Phi) is 5.50. The van der Waals surface area contributed by atoms with Crippen LogP contribution in [0.5, 0.6) is 11.5 Å². The first-order valence-corrected chi connectivity index (χ1v) is 5.48.